The molecule has 0 spiro atoms. The minimum Gasteiger partial charge on any atom is -0.486 e. The van der Waals surface area contributed by atoms with Crippen molar-refractivity contribution >= 4 is 11.6 Å². The molecule has 0 atom stereocenters. The molecule has 3 aromatic rings. The number of hydrogen-bond donors (Lipinski definition) is 1. The van der Waals surface area contributed by atoms with Gasteiger partial charge in [-0.15, -0.1) is 0 Å². The molecule has 4 aliphatic carbocycles. The van der Waals surface area contributed by atoms with Gasteiger partial charge in [-0.05, 0) is 80.5 Å². The Labute approximate surface area is 199 Å². The Hall–Kier alpha value is -3.28. The highest BCUT2D eigenvalue weighted by atomic mass is 16.6. The Balaban J connectivity index is 1.27. The zero-order chi connectivity index (χ0) is 22.7. The van der Waals surface area contributed by atoms with E-state index in [2.05, 4.69) is 5.32 Å². The fourth-order valence-corrected chi connectivity index (χ4v) is 7.37. The molecule has 174 valence electrons. The summed E-state index contributed by atoms with van der Waals surface area (Å²) in [5.41, 5.74) is 3.39. The second-order valence-corrected chi connectivity index (χ2v) is 10.7. The highest BCUT2D eigenvalue weighted by molar-refractivity contribution is 6.05. The first-order valence-electron chi connectivity index (χ1n) is 12.5. The van der Waals surface area contributed by atoms with Crippen LogP contribution < -0.4 is 14.8 Å². The SMILES string of the molecule is O=C(Nc1ccc2c(c1)OCCO2)c1cn(-c2ccccc2)nc1C12CC3CC(CC(C3)C1)C2. The lowest BCUT2D eigenvalue weighted by Gasteiger charge is -2.56. The highest BCUT2D eigenvalue weighted by Crippen LogP contribution is 2.61. The van der Waals surface area contributed by atoms with Gasteiger partial charge < -0.3 is 14.8 Å². The van der Waals surface area contributed by atoms with Crippen LogP contribution in [-0.4, -0.2) is 28.9 Å². The third kappa shape index (κ3) is 3.30. The molecule has 4 saturated carbocycles. The lowest BCUT2D eigenvalue weighted by atomic mass is 9.48. The molecule has 1 N–H and O–H groups in total. The number of nitrogens with one attached hydrogen (secondary N) is 1. The lowest BCUT2D eigenvalue weighted by Crippen LogP contribution is -2.49. The van der Waals surface area contributed by atoms with Crippen molar-refractivity contribution in [2.24, 2.45) is 17.8 Å². The van der Waals surface area contributed by atoms with E-state index in [1.165, 1.54) is 19.3 Å². The first kappa shape index (κ1) is 20.1. The molecule has 0 saturated heterocycles. The molecule has 1 amide bonds. The zero-order valence-electron chi connectivity index (χ0n) is 19.2. The van der Waals surface area contributed by atoms with Gasteiger partial charge in [0.25, 0.3) is 5.91 Å². The summed E-state index contributed by atoms with van der Waals surface area (Å²) in [6, 6.07) is 15.7. The molecule has 6 nitrogen and oxygen atoms in total. The molecule has 0 unspecified atom stereocenters. The van der Waals surface area contributed by atoms with E-state index in [1.54, 1.807) is 0 Å². The number of rotatable bonds is 4. The average Bonchev–Trinajstić information content (AvgIpc) is 3.31. The summed E-state index contributed by atoms with van der Waals surface area (Å²) in [5, 5.41) is 8.23. The molecule has 4 bridgehead atoms. The number of carbonyl (C=O) groups is 1. The quantitative estimate of drug-likeness (QED) is 0.575. The summed E-state index contributed by atoms with van der Waals surface area (Å²) in [5.74, 6) is 3.62. The van der Waals surface area contributed by atoms with Crippen molar-refractivity contribution in [3.8, 4) is 17.2 Å². The summed E-state index contributed by atoms with van der Waals surface area (Å²) < 4.78 is 13.2. The van der Waals surface area contributed by atoms with E-state index in [1.807, 2.05) is 59.4 Å². The predicted octanol–water partition coefficient (Wildman–Crippen LogP) is 5.36. The van der Waals surface area contributed by atoms with E-state index < -0.39 is 0 Å². The molecule has 4 fully saturated rings. The maximum absolute atomic E-state index is 13.7. The topological polar surface area (TPSA) is 65.4 Å². The van der Waals surface area contributed by atoms with Crippen LogP contribution in [0.2, 0.25) is 0 Å². The van der Waals surface area contributed by atoms with E-state index in [-0.39, 0.29) is 11.3 Å². The third-order valence-electron chi connectivity index (χ3n) is 8.32. The van der Waals surface area contributed by atoms with Gasteiger partial charge in [-0.25, -0.2) is 4.68 Å². The number of amides is 1. The van der Waals surface area contributed by atoms with E-state index in [9.17, 15) is 4.79 Å². The maximum atomic E-state index is 13.7. The third-order valence-corrected chi connectivity index (χ3v) is 8.32. The summed E-state index contributed by atoms with van der Waals surface area (Å²) in [7, 11) is 0. The van der Waals surface area contributed by atoms with Gasteiger partial charge >= 0.3 is 0 Å². The van der Waals surface area contributed by atoms with Crippen molar-refractivity contribution in [1.29, 1.82) is 0 Å². The first-order chi connectivity index (χ1) is 16.6. The van der Waals surface area contributed by atoms with Gasteiger partial charge in [0.2, 0.25) is 0 Å². The molecule has 2 heterocycles. The first-order valence-corrected chi connectivity index (χ1v) is 12.5. The molecular formula is C28H29N3O3. The fourth-order valence-electron chi connectivity index (χ4n) is 7.37. The Kier molecular flexibility index (Phi) is 4.51. The number of ether oxygens (including phenoxy) is 2. The van der Waals surface area contributed by atoms with Crippen molar-refractivity contribution in [2.45, 2.75) is 43.9 Å². The van der Waals surface area contributed by atoms with E-state index in [0.29, 0.717) is 30.2 Å². The molecule has 34 heavy (non-hydrogen) atoms. The summed E-state index contributed by atoms with van der Waals surface area (Å²) in [6.07, 6.45) is 9.49. The number of aromatic nitrogens is 2. The van der Waals surface area contributed by atoms with Crippen molar-refractivity contribution < 1.29 is 14.3 Å². The van der Waals surface area contributed by atoms with Crippen LogP contribution in [0, 0.1) is 17.8 Å². The number of fused-ring (bicyclic) bond motifs is 1. The maximum Gasteiger partial charge on any atom is 0.259 e. The van der Waals surface area contributed by atoms with Crippen LogP contribution in [0.4, 0.5) is 5.69 Å². The van der Waals surface area contributed by atoms with Gasteiger partial charge in [0, 0.05) is 23.4 Å². The molecule has 1 aliphatic heterocycles. The van der Waals surface area contributed by atoms with Crippen LogP contribution in [-0.2, 0) is 5.41 Å². The van der Waals surface area contributed by atoms with Gasteiger partial charge in [0.05, 0.1) is 16.9 Å². The summed E-state index contributed by atoms with van der Waals surface area (Å²) in [4.78, 5) is 13.7. The molecule has 0 radical (unpaired) electrons. The van der Waals surface area contributed by atoms with E-state index in [0.717, 1.165) is 54.1 Å². The van der Waals surface area contributed by atoms with Crippen LogP contribution in [0.1, 0.15) is 54.6 Å². The van der Waals surface area contributed by atoms with Crippen molar-refractivity contribution in [2.75, 3.05) is 18.5 Å². The minimum absolute atomic E-state index is 0.0221. The van der Waals surface area contributed by atoms with Crippen LogP contribution in [0.15, 0.2) is 54.7 Å². The van der Waals surface area contributed by atoms with Crippen molar-refractivity contribution in [3.63, 3.8) is 0 Å². The van der Waals surface area contributed by atoms with Gasteiger partial charge in [0.15, 0.2) is 11.5 Å². The molecular weight excluding hydrogens is 426 g/mol. The number of carbonyl (C=O) groups excluding carboxylic acids is 1. The fraction of sp³-hybridized carbons (Fsp3) is 0.429. The van der Waals surface area contributed by atoms with Gasteiger partial charge in [0.1, 0.15) is 13.2 Å². The molecule has 2 aromatic carbocycles. The van der Waals surface area contributed by atoms with Crippen molar-refractivity contribution in [3.05, 3.63) is 66.0 Å². The number of hydrogen-bond acceptors (Lipinski definition) is 4. The van der Waals surface area contributed by atoms with Gasteiger partial charge in [-0.1, -0.05) is 18.2 Å². The van der Waals surface area contributed by atoms with Gasteiger partial charge in [-0.3, -0.25) is 4.79 Å². The van der Waals surface area contributed by atoms with Crippen LogP contribution in [0.5, 0.6) is 11.5 Å². The number of benzene rings is 2. The van der Waals surface area contributed by atoms with E-state index >= 15 is 0 Å². The smallest absolute Gasteiger partial charge is 0.259 e. The number of anilines is 1. The Morgan fingerprint density at radius 1 is 0.912 bits per heavy atom. The van der Waals surface area contributed by atoms with Crippen LogP contribution in [0.3, 0.4) is 0 Å². The molecule has 6 heteroatoms. The lowest BCUT2D eigenvalue weighted by molar-refractivity contribution is -0.00765. The average molecular weight is 456 g/mol. The standard InChI is InChI=1S/C28H29N3O3/c32-27(29-21-6-7-24-25(13-21)34-9-8-33-24)23-17-31(22-4-2-1-3-5-22)30-26(23)28-14-18-10-19(15-28)12-20(11-18)16-28/h1-7,13,17-20H,8-12,14-16H2,(H,29,32). The normalized spacial score (nSPS) is 28.6. The molecule has 5 aliphatic rings. The van der Waals surface area contributed by atoms with Crippen LogP contribution in [0.25, 0.3) is 5.69 Å². The second kappa shape index (κ2) is 7.62. The van der Waals surface area contributed by atoms with Crippen LogP contribution >= 0.6 is 0 Å². The largest absolute Gasteiger partial charge is 0.486 e. The molecule has 8 rings (SSSR count). The summed E-state index contributed by atoms with van der Waals surface area (Å²) >= 11 is 0. The van der Waals surface area contributed by atoms with E-state index in [4.69, 9.17) is 14.6 Å². The van der Waals surface area contributed by atoms with Gasteiger partial charge in [-0.2, -0.15) is 5.10 Å². The minimum atomic E-state index is -0.107. The molecule has 1 aromatic heterocycles. The van der Waals surface area contributed by atoms with Crippen molar-refractivity contribution in [1.82, 2.24) is 9.78 Å². The Morgan fingerprint density at radius 2 is 1.59 bits per heavy atom. The summed E-state index contributed by atoms with van der Waals surface area (Å²) in [6.45, 7) is 1.07. The monoisotopic (exact) mass is 455 g/mol. The zero-order valence-corrected chi connectivity index (χ0v) is 19.2. The predicted molar refractivity (Wildman–Crippen MR) is 129 cm³/mol. The Morgan fingerprint density at radius 3 is 2.29 bits per heavy atom. The second-order valence-electron chi connectivity index (χ2n) is 10.7. The highest BCUT2D eigenvalue weighted by Gasteiger charge is 2.53. The number of nitrogens with zero attached hydrogens (tertiary/aromatic N) is 2. The number of para-hydroxylation sites is 1. The Bertz CT molecular complexity index is 1210.